The zero-order chi connectivity index (χ0) is 23.1. The van der Waals surface area contributed by atoms with Crippen molar-refractivity contribution in [1.82, 2.24) is 4.90 Å². The van der Waals surface area contributed by atoms with Crippen molar-refractivity contribution in [1.29, 1.82) is 5.26 Å². The summed E-state index contributed by atoms with van der Waals surface area (Å²) in [5.74, 6) is 0.734. The average Bonchev–Trinajstić information content (AvgIpc) is 2.72. The van der Waals surface area contributed by atoms with E-state index in [1.54, 1.807) is 0 Å². The number of piperidine rings is 1. The molecule has 4 unspecified atom stereocenters. The Morgan fingerprint density at radius 3 is 1.74 bits per heavy atom. The van der Waals surface area contributed by atoms with Crippen molar-refractivity contribution in [3.63, 3.8) is 0 Å². The van der Waals surface area contributed by atoms with E-state index in [0.29, 0.717) is 18.0 Å². The van der Waals surface area contributed by atoms with Crippen molar-refractivity contribution < 1.29 is 0 Å². The van der Waals surface area contributed by atoms with Crippen molar-refractivity contribution >= 4 is 0 Å². The first-order valence-electron chi connectivity index (χ1n) is 14.0. The quantitative estimate of drug-likeness (QED) is 0.227. The minimum absolute atomic E-state index is 0.211. The molecule has 182 valence electrons. The summed E-state index contributed by atoms with van der Waals surface area (Å²) in [6.07, 6.45) is 21.5. The molecule has 0 aliphatic carbocycles. The van der Waals surface area contributed by atoms with Gasteiger partial charge in [-0.05, 0) is 37.1 Å². The van der Waals surface area contributed by atoms with E-state index in [0.717, 1.165) is 0 Å². The molecule has 0 aromatic carbocycles. The lowest BCUT2D eigenvalue weighted by Crippen LogP contribution is -2.58. The van der Waals surface area contributed by atoms with E-state index in [-0.39, 0.29) is 11.3 Å². The molecule has 0 aromatic rings. The molecule has 0 aromatic heterocycles. The molecule has 1 saturated heterocycles. The van der Waals surface area contributed by atoms with Gasteiger partial charge < -0.3 is 0 Å². The number of likely N-dealkylation sites (tertiary alicyclic amines) is 1. The maximum Gasteiger partial charge on any atom is 0.0675 e. The van der Waals surface area contributed by atoms with Crippen molar-refractivity contribution in [2.45, 2.75) is 156 Å². The van der Waals surface area contributed by atoms with E-state index >= 15 is 0 Å². The van der Waals surface area contributed by atoms with E-state index < -0.39 is 0 Å². The Hall–Kier alpha value is -0.550. The Balaban J connectivity index is 2.68. The van der Waals surface area contributed by atoms with E-state index in [1.807, 2.05) is 0 Å². The summed E-state index contributed by atoms with van der Waals surface area (Å²) in [6.45, 7) is 15.4. The highest BCUT2D eigenvalue weighted by atomic mass is 15.2. The monoisotopic (exact) mass is 432 g/mol. The molecular formula is C29H56N2. The lowest BCUT2D eigenvalue weighted by molar-refractivity contribution is -0.0280. The van der Waals surface area contributed by atoms with Crippen LogP contribution in [0.25, 0.3) is 0 Å². The van der Waals surface area contributed by atoms with Crippen LogP contribution in [0.4, 0.5) is 0 Å². The van der Waals surface area contributed by atoms with Gasteiger partial charge in [0.25, 0.3) is 0 Å². The third kappa shape index (κ3) is 10.7. The number of unbranched alkanes of at least 4 members (excludes halogenated alkanes) is 12. The molecule has 0 amide bonds. The average molecular weight is 433 g/mol. The first kappa shape index (κ1) is 28.5. The van der Waals surface area contributed by atoms with Gasteiger partial charge in [-0.25, -0.2) is 0 Å². The Bertz CT molecular complexity index is 472. The van der Waals surface area contributed by atoms with Gasteiger partial charge in [0.15, 0.2) is 0 Å². The van der Waals surface area contributed by atoms with Gasteiger partial charge in [0.05, 0.1) is 12.0 Å². The van der Waals surface area contributed by atoms with E-state index in [1.165, 1.54) is 109 Å². The topological polar surface area (TPSA) is 27.0 Å². The van der Waals surface area contributed by atoms with Crippen LogP contribution in [0.1, 0.15) is 144 Å². The second-order valence-electron chi connectivity index (χ2n) is 11.6. The molecule has 1 rings (SSSR count). The smallest absolute Gasteiger partial charge is 0.0675 e. The third-order valence-electron chi connectivity index (χ3n) is 7.72. The molecule has 4 atom stereocenters. The molecule has 0 radical (unpaired) electrons. The predicted molar refractivity (Wildman–Crippen MR) is 137 cm³/mol. The van der Waals surface area contributed by atoms with Crippen LogP contribution in [0.5, 0.6) is 0 Å². The maximum atomic E-state index is 10.1. The summed E-state index contributed by atoms with van der Waals surface area (Å²) in [5, 5.41) is 10.1. The summed E-state index contributed by atoms with van der Waals surface area (Å²) >= 11 is 0. The Morgan fingerprint density at radius 1 is 0.774 bits per heavy atom. The lowest BCUT2D eigenvalue weighted by atomic mass is 9.70. The van der Waals surface area contributed by atoms with E-state index in [4.69, 9.17) is 0 Å². The summed E-state index contributed by atoms with van der Waals surface area (Å²) in [5.41, 5.74) is 0.286. The van der Waals surface area contributed by atoms with Gasteiger partial charge in [0.1, 0.15) is 0 Å². The van der Waals surface area contributed by atoms with Gasteiger partial charge in [-0.3, -0.25) is 4.90 Å². The summed E-state index contributed by atoms with van der Waals surface area (Å²) in [6, 6.07) is 3.84. The molecule has 0 saturated carbocycles. The number of nitrogens with zero attached hydrogens (tertiary/aromatic N) is 2. The fourth-order valence-electron chi connectivity index (χ4n) is 5.74. The van der Waals surface area contributed by atoms with Gasteiger partial charge in [-0.2, -0.15) is 5.26 Å². The Labute approximate surface area is 196 Å². The molecule has 1 fully saturated rings. The fourth-order valence-corrected chi connectivity index (χ4v) is 5.74. The van der Waals surface area contributed by atoms with Gasteiger partial charge in [0.2, 0.25) is 0 Å². The summed E-state index contributed by atoms with van der Waals surface area (Å²) in [4.78, 5) is 2.82. The van der Waals surface area contributed by atoms with Crippen LogP contribution in [0.3, 0.4) is 0 Å². The number of hydrogen-bond acceptors (Lipinski definition) is 2. The molecule has 0 bridgehead atoms. The Kier molecular flexibility index (Phi) is 14.8. The van der Waals surface area contributed by atoms with Crippen molar-refractivity contribution in [3.05, 3.63) is 0 Å². The van der Waals surface area contributed by atoms with Crippen molar-refractivity contribution in [2.75, 3.05) is 6.54 Å². The van der Waals surface area contributed by atoms with Crippen LogP contribution in [0.15, 0.2) is 0 Å². The molecule has 2 nitrogen and oxygen atoms in total. The predicted octanol–water partition coefficient (Wildman–Crippen LogP) is 9.14. The fraction of sp³-hybridized carbons (Fsp3) is 0.966. The van der Waals surface area contributed by atoms with Crippen molar-refractivity contribution in [2.24, 2.45) is 17.3 Å². The normalized spacial score (nSPS) is 24.9. The van der Waals surface area contributed by atoms with Crippen LogP contribution in [-0.2, 0) is 0 Å². The highest BCUT2D eigenvalue weighted by Gasteiger charge is 2.44. The van der Waals surface area contributed by atoms with Crippen LogP contribution >= 0.6 is 0 Å². The summed E-state index contributed by atoms with van der Waals surface area (Å²) < 4.78 is 0. The molecule has 0 spiro atoms. The van der Waals surface area contributed by atoms with Crippen molar-refractivity contribution in [3.8, 4) is 6.07 Å². The maximum absolute atomic E-state index is 10.1. The van der Waals surface area contributed by atoms with E-state index in [9.17, 15) is 5.26 Å². The minimum Gasteiger partial charge on any atom is -0.296 e. The van der Waals surface area contributed by atoms with Gasteiger partial charge >= 0.3 is 0 Å². The second kappa shape index (κ2) is 16.1. The SMILES string of the molecule is CCCCCCCCCC1C(C#N)C(C)CC(C(C)(C)C)N1CCCCCCCCC. The number of hydrogen-bond donors (Lipinski definition) is 0. The zero-order valence-electron chi connectivity index (χ0n) is 22.2. The molecule has 2 heteroatoms. The molecule has 1 aliphatic heterocycles. The number of rotatable bonds is 16. The largest absolute Gasteiger partial charge is 0.296 e. The molecule has 1 heterocycles. The molecule has 1 aliphatic rings. The standard InChI is InChI=1S/C29H56N2/c1-7-9-11-13-15-17-19-21-27-26(24-30)25(3)23-28(29(4,5)6)31(27)22-20-18-16-14-12-10-8-2/h25-28H,7-23H2,1-6H3. The minimum atomic E-state index is 0.211. The number of nitriles is 1. The Morgan fingerprint density at radius 2 is 1.26 bits per heavy atom. The third-order valence-corrected chi connectivity index (χ3v) is 7.72. The van der Waals surface area contributed by atoms with E-state index in [2.05, 4.69) is 52.5 Å². The van der Waals surface area contributed by atoms with Crippen LogP contribution in [-0.4, -0.2) is 23.5 Å². The van der Waals surface area contributed by atoms with Crippen LogP contribution in [0, 0.1) is 28.6 Å². The highest BCUT2D eigenvalue weighted by Crippen LogP contribution is 2.41. The van der Waals surface area contributed by atoms with Crippen LogP contribution < -0.4 is 0 Å². The van der Waals surface area contributed by atoms with Crippen LogP contribution in [0.2, 0.25) is 0 Å². The first-order valence-corrected chi connectivity index (χ1v) is 14.0. The lowest BCUT2D eigenvalue weighted by Gasteiger charge is -2.52. The second-order valence-corrected chi connectivity index (χ2v) is 11.6. The zero-order valence-corrected chi connectivity index (χ0v) is 22.2. The van der Waals surface area contributed by atoms with Gasteiger partial charge in [0, 0.05) is 12.1 Å². The highest BCUT2D eigenvalue weighted by molar-refractivity contribution is 5.04. The molecule has 0 N–H and O–H groups in total. The molecular weight excluding hydrogens is 376 g/mol. The van der Waals surface area contributed by atoms with Gasteiger partial charge in [-0.1, -0.05) is 125 Å². The summed E-state index contributed by atoms with van der Waals surface area (Å²) in [7, 11) is 0. The van der Waals surface area contributed by atoms with Gasteiger partial charge in [-0.15, -0.1) is 0 Å². The first-order chi connectivity index (χ1) is 14.9. The molecule has 31 heavy (non-hydrogen) atoms.